The maximum atomic E-state index is 13.0. The Bertz CT molecular complexity index is 294. The van der Waals surface area contributed by atoms with Gasteiger partial charge < -0.3 is 0 Å². The SMILES string of the molecule is [CH2]CCCC(=O)c1ccccc1F. The van der Waals surface area contributed by atoms with E-state index in [4.69, 9.17) is 0 Å². The van der Waals surface area contributed by atoms with Crippen molar-refractivity contribution >= 4 is 5.78 Å². The summed E-state index contributed by atoms with van der Waals surface area (Å²) in [5.41, 5.74) is 0.191. The van der Waals surface area contributed by atoms with Crippen LogP contribution < -0.4 is 0 Å². The van der Waals surface area contributed by atoms with Gasteiger partial charge in [-0.2, -0.15) is 0 Å². The molecular weight excluding hydrogens is 167 g/mol. The van der Waals surface area contributed by atoms with Gasteiger partial charge in [0.15, 0.2) is 5.78 Å². The van der Waals surface area contributed by atoms with Crippen molar-refractivity contribution in [2.24, 2.45) is 0 Å². The smallest absolute Gasteiger partial charge is 0.165 e. The molecule has 1 rings (SSSR count). The molecule has 0 heterocycles. The fraction of sp³-hybridized carbons (Fsp3) is 0.273. The van der Waals surface area contributed by atoms with Gasteiger partial charge in [-0.15, -0.1) is 0 Å². The minimum atomic E-state index is -0.434. The minimum Gasteiger partial charge on any atom is -0.294 e. The molecule has 1 aromatic rings. The van der Waals surface area contributed by atoms with Gasteiger partial charge in [0, 0.05) is 6.42 Å². The first-order valence-electron chi connectivity index (χ1n) is 4.32. The normalized spacial score (nSPS) is 10.0. The van der Waals surface area contributed by atoms with E-state index in [0.717, 1.165) is 0 Å². The number of rotatable bonds is 4. The van der Waals surface area contributed by atoms with E-state index in [1.54, 1.807) is 12.1 Å². The van der Waals surface area contributed by atoms with E-state index in [0.29, 0.717) is 19.3 Å². The Morgan fingerprint density at radius 1 is 1.38 bits per heavy atom. The first-order valence-corrected chi connectivity index (χ1v) is 4.32. The van der Waals surface area contributed by atoms with Gasteiger partial charge in [0.05, 0.1) is 5.56 Å². The van der Waals surface area contributed by atoms with Gasteiger partial charge in [0.1, 0.15) is 5.82 Å². The molecule has 1 radical (unpaired) electrons. The molecule has 0 aliphatic carbocycles. The van der Waals surface area contributed by atoms with Crippen LogP contribution in [0.1, 0.15) is 29.6 Å². The van der Waals surface area contributed by atoms with Crippen molar-refractivity contribution in [3.05, 3.63) is 42.6 Å². The highest BCUT2D eigenvalue weighted by Crippen LogP contribution is 2.10. The number of hydrogen-bond donors (Lipinski definition) is 0. The van der Waals surface area contributed by atoms with Crippen molar-refractivity contribution in [3.8, 4) is 0 Å². The third-order valence-corrected chi connectivity index (χ3v) is 1.83. The molecule has 0 spiro atoms. The molecule has 0 bridgehead atoms. The van der Waals surface area contributed by atoms with Crippen molar-refractivity contribution in [1.29, 1.82) is 0 Å². The van der Waals surface area contributed by atoms with Crippen molar-refractivity contribution < 1.29 is 9.18 Å². The molecule has 69 valence electrons. The van der Waals surface area contributed by atoms with E-state index in [1.165, 1.54) is 12.1 Å². The average Bonchev–Trinajstić information content (AvgIpc) is 2.15. The van der Waals surface area contributed by atoms with Crippen LogP contribution in [0.4, 0.5) is 4.39 Å². The van der Waals surface area contributed by atoms with E-state index in [9.17, 15) is 9.18 Å². The van der Waals surface area contributed by atoms with Gasteiger partial charge in [-0.1, -0.05) is 25.5 Å². The zero-order chi connectivity index (χ0) is 9.68. The Morgan fingerprint density at radius 2 is 2.08 bits per heavy atom. The van der Waals surface area contributed by atoms with Crippen molar-refractivity contribution in [2.75, 3.05) is 0 Å². The molecule has 0 unspecified atom stereocenters. The summed E-state index contributed by atoms with van der Waals surface area (Å²) in [5, 5.41) is 0. The Labute approximate surface area is 77.6 Å². The highest BCUT2D eigenvalue weighted by atomic mass is 19.1. The second-order valence-electron chi connectivity index (χ2n) is 2.86. The number of unbranched alkanes of at least 4 members (excludes halogenated alkanes) is 1. The molecule has 13 heavy (non-hydrogen) atoms. The van der Waals surface area contributed by atoms with Gasteiger partial charge in [-0.3, -0.25) is 4.79 Å². The molecular formula is C11H12FO. The molecule has 0 aromatic heterocycles. The molecule has 0 fully saturated rings. The predicted molar refractivity (Wildman–Crippen MR) is 49.9 cm³/mol. The van der Waals surface area contributed by atoms with Crippen LogP contribution in [0.15, 0.2) is 24.3 Å². The lowest BCUT2D eigenvalue weighted by atomic mass is 10.1. The van der Waals surface area contributed by atoms with Crippen LogP contribution >= 0.6 is 0 Å². The lowest BCUT2D eigenvalue weighted by molar-refractivity contribution is 0.0976. The van der Waals surface area contributed by atoms with Crippen molar-refractivity contribution in [1.82, 2.24) is 0 Å². The zero-order valence-electron chi connectivity index (χ0n) is 7.42. The average molecular weight is 179 g/mol. The van der Waals surface area contributed by atoms with Gasteiger partial charge in [-0.05, 0) is 18.6 Å². The molecule has 2 heteroatoms. The van der Waals surface area contributed by atoms with Crippen LogP contribution in [0.2, 0.25) is 0 Å². The van der Waals surface area contributed by atoms with E-state index in [2.05, 4.69) is 6.92 Å². The van der Waals surface area contributed by atoms with Gasteiger partial charge in [0.2, 0.25) is 0 Å². The quantitative estimate of drug-likeness (QED) is 0.649. The highest BCUT2D eigenvalue weighted by Gasteiger charge is 2.09. The van der Waals surface area contributed by atoms with E-state index in [1.807, 2.05) is 0 Å². The topological polar surface area (TPSA) is 17.1 Å². The Hall–Kier alpha value is -1.18. The van der Waals surface area contributed by atoms with Gasteiger partial charge >= 0.3 is 0 Å². The van der Waals surface area contributed by atoms with Crippen LogP contribution in [0.3, 0.4) is 0 Å². The number of hydrogen-bond acceptors (Lipinski definition) is 1. The number of ketones is 1. The minimum absolute atomic E-state index is 0.137. The van der Waals surface area contributed by atoms with Crippen LogP contribution in [0, 0.1) is 12.7 Å². The van der Waals surface area contributed by atoms with E-state index < -0.39 is 5.82 Å². The fourth-order valence-corrected chi connectivity index (χ4v) is 1.11. The third kappa shape index (κ3) is 2.65. The summed E-state index contributed by atoms with van der Waals surface area (Å²) >= 11 is 0. The van der Waals surface area contributed by atoms with Crippen molar-refractivity contribution in [2.45, 2.75) is 19.3 Å². The summed E-state index contributed by atoms with van der Waals surface area (Å²) in [6.07, 6.45) is 1.80. The molecule has 0 amide bonds. The molecule has 1 nitrogen and oxygen atoms in total. The summed E-state index contributed by atoms with van der Waals surface area (Å²) < 4.78 is 13.0. The number of carbonyl (C=O) groups is 1. The van der Waals surface area contributed by atoms with E-state index >= 15 is 0 Å². The maximum absolute atomic E-state index is 13.0. The summed E-state index contributed by atoms with van der Waals surface area (Å²) in [6, 6.07) is 6.06. The number of carbonyl (C=O) groups excluding carboxylic acids is 1. The Balaban J connectivity index is 2.71. The summed E-state index contributed by atoms with van der Waals surface area (Å²) in [6.45, 7) is 3.63. The van der Waals surface area contributed by atoms with Crippen LogP contribution in [0.5, 0.6) is 0 Å². The van der Waals surface area contributed by atoms with Crippen molar-refractivity contribution in [3.63, 3.8) is 0 Å². The van der Waals surface area contributed by atoms with Crippen LogP contribution in [-0.4, -0.2) is 5.78 Å². The largest absolute Gasteiger partial charge is 0.294 e. The molecule has 0 N–H and O–H groups in total. The third-order valence-electron chi connectivity index (χ3n) is 1.83. The molecule has 0 aliphatic heterocycles. The standard InChI is InChI=1S/C11H12FO/c1-2-3-8-11(13)9-6-4-5-7-10(9)12/h4-7H,1-3,8H2. The molecule has 0 saturated carbocycles. The Morgan fingerprint density at radius 3 is 2.69 bits per heavy atom. The molecule has 0 aliphatic rings. The second kappa shape index (κ2) is 4.75. The number of Topliss-reactive ketones (excluding diaryl/α,β-unsaturated/α-hetero) is 1. The van der Waals surface area contributed by atoms with Gasteiger partial charge in [0.25, 0.3) is 0 Å². The fourth-order valence-electron chi connectivity index (χ4n) is 1.11. The lowest BCUT2D eigenvalue weighted by Gasteiger charge is -2.00. The summed E-state index contributed by atoms with van der Waals surface area (Å²) in [4.78, 5) is 11.4. The lowest BCUT2D eigenvalue weighted by Crippen LogP contribution is -2.01. The number of halogens is 1. The first kappa shape index (κ1) is 9.90. The highest BCUT2D eigenvalue weighted by molar-refractivity contribution is 5.96. The van der Waals surface area contributed by atoms with Crippen LogP contribution in [0.25, 0.3) is 0 Å². The summed E-state index contributed by atoms with van der Waals surface area (Å²) in [5.74, 6) is -0.571. The second-order valence-corrected chi connectivity index (χ2v) is 2.86. The molecule has 0 saturated heterocycles. The monoisotopic (exact) mass is 179 g/mol. The van der Waals surface area contributed by atoms with E-state index in [-0.39, 0.29) is 11.3 Å². The number of benzene rings is 1. The molecule has 1 aromatic carbocycles. The molecule has 0 atom stereocenters. The zero-order valence-corrected chi connectivity index (χ0v) is 7.42. The summed E-state index contributed by atoms with van der Waals surface area (Å²) in [7, 11) is 0. The van der Waals surface area contributed by atoms with Crippen LogP contribution in [-0.2, 0) is 0 Å². The Kier molecular flexibility index (Phi) is 3.62. The predicted octanol–water partition coefficient (Wildman–Crippen LogP) is 3.01. The van der Waals surface area contributed by atoms with Gasteiger partial charge in [-0.25, -0.2) is 4.39 Å². The maximum Gasteiger partial charge on any atom is 0.165 e. The first-order chi connectivity index (χ1) is 6.25.